The number of nitrogens with two attached hydrogens (primary N) is 1. The molecular weight excluding hydrogens is 260 g/mol. The second kappa shape index (κ2) is 6.50. The molecule has 0 heterocycles. The summed E-state index contributed by atoms with van der Waals surface area (Å²) in [5, 5.41) is 0. The zero-order chi connectivity index (χ0) is 14.5. The van der Waals surface area contributed by atoms with Gasteiger partial charge in [0.2, 0.25) is 10.0 Å². The molecule has 0 aromatic heterocycles. The van der Waals surface area contributed by atoms with E-state index in [0.717, 1.165) is 18.4 Å². The quantitative estimate of drug-likeness (QED) is 0.785. The fraction of sp³-hybridized carbons (Fsp3) is 0.571. The molecule has 5 heteroatoms. The fourth-order valence-electron chi connectivity index (χ4n) is 1.69. The third-order valence-corrected chi connectivity index (χ3v) is 4.43. The van der Waals surface area contributed by atoms with Crippen molar-refractivity contribution in [2.75, 3.05) is 13.1 Å². The molecule has 0 unspecified atom stereocenters. The van der Waals surface area contributed by atoms with E-state index in [-0.39, 0.29) is 5.41 Å². The Morgan fingerprint density at radius 1 is 1.11 bits per heavy atom. The molecule has 1 aromatic carbocycles. The number of rotatable bonds is 6. The highest BCUT2D eigenvalue weighted by Gasteiger charge is 2.16. The maximum Gasteiger partial charge on any atom is 0.240 e. The van der Waals surface area contributed by atoms with Crippen LogP contribution in [0.2, 0.25) is 0 Å². The van der Waals surface area contributed by atoms with E-state index < -0.39 is 10.0 Å². The fourth-order valence-corrected chi connectivity index (χ4v) is 2.77. The second-order valence-electron chi connectivity index (χ2n) is 5.67. The van der Waals surface area contributed by atoms with Gasteiger partial charge in [-0.05, 0) is 42.5 Å². The van der Waals surface area contributed by atoms with Crippen LogP contribution < -0.4 is 10.5 Å². The minimum atomic E-state index is -3.39. The third-order valence-electron chi connectivity index (χ3n) is 2.95. The average molecular weight is 284 g/mol. The summed E-state index contributed by atoms with van der Waals surface area (Å²) in [4.78, 5) is 0.313. The largest absolute Gasteiger partial charge is 0.330 e. The van der Waals surface area contributed by atoms with Gasteiger partial charge in [0.1, 0.15) is 0 Å². The van der Waals surface area contributed by atoms with Crippen molar-refractivity contribution in [3.05, 3.63) is 29.8 Å². The molecule has 1 rings (SSSR count). The van der Waals surface area contributed by atoms with E-state index in [0.29, 0.717) is 18.0 Å². The van der Waals surface area contributed by atoms with Crippen molar-refractivity contribution in [1.29, 1.82) is 0 Å². The zero-order valence-corrected chi connectivity index (χ0v) is 12.8. The molecule has 19 heavy (non-hydrogen) atoms. The average Bonchev–Trinajstić information content (AvgIpc) is 2.34. The molecule has 1 aromatic rings. The van der Waals surface area contributed by atoms with Gasteiger partial charge in [-0.2, -0.15) is 0 Å². The Labute approximate surface area is 116 Å². The van der Waals surface area contributed by atoms with Crippen molar-refractivity contribution in [2.24, 2.45) is 5.73 Å². The summed E-state index contributed by atoms with van der Waals surface area (Å²) in [6, 6.07) is 7.06. The van der Waals surface area contributed by atoms with Crippen LogP contribution in [0.4, 0.5) is 0 Å². The van der Waals surface area contributed by atoms with Gasteiger partial charge in [-0.1, -0.05) is 32.9 Å². The van der Waals surface area contributed by atoms with Gasteiger partial charge in [0.25, 0.3) is 0 Å². The first kappa shape index (κ1) is 16.1. The Morgan fingerprint density at radius 2 is 1.68 bits per heavy atom. The zero-order valence-electron chi connectivity index (χ0n) is 11.9. The molecule has 4 nitrogen and oxygen atoms in total. The van der Waals surface area contributed by atoms with Gasteiger partial charge in [-0.3, -0.25) is 0 Å². The van der Waals surface area contributed by atoms with Crippen LogP contribution in [0.5, 0.6) is 0 Å². The van der Waals surface area contributed by atoms with E-state index >= 15 is 0 Å². The lowest BCUT2D eigenvalue weighted by atomic mass is 9.87. The summed E-state index contributed by atoms with van der Waals surface area (Å²) < 4.78 is 26.6. The van der Waals surface area contributed by atoms with Crippen molar-refractivity contribution in [3.8, 4) is 0 Å². The molecule has 0 radical (unpaired) electrons. The Balaban J connectivity index is 2.74. The van der Waals surface area contributed by atoms with Crippen LogP contribution in [-0.2, 0) is 15.4 Å². The maximum atomic E-state index is 12.0. The van der Waals surface area contributed by atoms with Gasteiger partial charge >= 0.3 is 0 Å². The number of unbranched alkanes of at least 4 members (excludes halogenated alkanes) is 1. The SMILES string of the molecule is CC(C)(C)c1ccc(S(=O)(=O)NCCCCN)cc1. The van der Waals surface area contributed by atoms with Crippen molar-refractivity contribution >= 4 is 10.0 Å². The molecule has 0 spiro atoms. The minimum absolute atomic E-state index is 0.0246. The Hall–Kier alpha value is -0.910. The number of hydrogen-bond donors (Lipinski definition) is 2. The van der Waals surface area contributed by atoms with Gasteiger partial charge in [-0.15, -0.1) is 0 Å². The van der Waals surface area contributed by atoms with Crippen molar-refractivity contribution in [3.63, 3.8) is 0 Å². The van der Waals surface area contributed by atoms with Crippen molar-refractivity contribution in [1.82, 2.24) is 4.72 Å². The molecule has 108 valence electrons. The Bertz CT molecular complexity index is 487. The summed E-state index contributed by atoms with van der Waals surface area (Å²) >= 11 is 0. The smallest absolute Gasteiger partial charge is 0.240 e. The van der Waals surface area contributed by atoms with Crippen LogP contribution in [0.25, 0.3) is 0 Å². The predicted molar refractivity (Wildman–Crippen MR) is 78.6 cm³/mol. The third kappa shape index (κ3) is 4.93. The Kier molecular flexibility index (Phi) is 5.52. The monoisotopic (exact) mass is 284 g/mol. The van der Waals surface area contributed by atoms with Gasteiger partial charge in [0.05, 0.1) is 4.90 Å². The summed E-state index contributed by atoms with van der Waals surface area (Å²) in [6.07, 6.45) is 1.58. The number of benzene rings is 1. The van der Waals surface area contributed by atoms with Crippen LogP contribution in [0.1, 0.15) is 39.2 Å². The number of nitrogens with one attached hydrogen (secondary N) is 1. The topological polar surface area (TPSA) is 72.2 Å². The van der Waals surface area contributed by atoms with Gasteiger partial charge in [-0.25, -0.2) is 13.1 Å². The standard InChI is InChI=1S/C14H24N2O2S/c1-14(2,3)12-6-8-13(9-7-12)19(17,18)16-11-5-4-10-15/h6-9,16H,4-5,10-11,15H2,1-3H3. The highest BCUT2D eigenvalue weighted by atomic mass is 32.2. The minimum Gasteiger partial charge on any atom is -0.330 e. The van der Waals surface area contributed by atoms with E-state index in [4.69, 9.17) is 5.73 Å². The summed E-state index contributed by atoms with van der Waals surface area (Å²) in [7, 11) is -3.39. The first-order valence-electron chi connectivity index (χ1n) is 6.57. The van der Waals surface area contributed by atoms with E-state index in [1.54, 1.807) is 12.1 Å². The normalized spacial score (nSPS) is 12.6. The summed E-state index contributed by atoms with van der Waals surface area (Å²) in [5.41, 5.74) is 6.51. The molecular formula is C14H24N2O2S. The molecule has 0 aliphatic rings. The number of hydrogen-bond acceptors (Lipinski definition) is 3. The summed E-state index contributed by atoms with van der Waals surface area (Å²) in [5.74, 6) is 0. The van der Waals surface area contributed by atoms with Crippen LogP contribution >= 0.6 is 0 Å². The first-order chi connectivity index (χ1) is 8.77. The lowest BCUT2D eigenvalue weighted by Gasteiger charge is -2.19. The number of sulfonamides is 1. The lowest BCUT2D eigenvalue weighted by molar-refractivity contribution is 0.575. The van der Waals surface area contributed by atoms with Gasteiger partial charge < -0.3 is 5.73 Å². The van der Waals surface area contributed by atoms with Crippen LogP contribution in [0, 0.1) is 0 Å². The predicted octanol–water partition coefficient (Wildman–Crippen LogP) is 2.00. The van der Waals surface area contributed by atoms with Gasteiger partial charge in [0.15, 0.2) is 0 Å². The molecule has 0 saturated heterocycles. The lowest BCUT2D eigenvalue weighted by Crippen LogP contribution is -2.25. The molecule has 0 bridgehead atoms. The van der Waals surface area contributed by atoms with Crippen molar-refractivity contribution < 1.29 is 8.42 Å². The highest BCUT2D eigenvalue weighted by molar-refractivity contribution is 7.89. The Morgan fingerprint density at radius 3 is 2.16 bits per heavy atom. The maximum absolute atomic E-state index is 12.0. The molecule has 0 aliphatic carbocycles. The molecule has 0 fully saturated rings. The van der Waals surface area contributed by atoms with Crippen LogP contribution in [0.3, 0.4) is 0 Å². The van der Waals surface area contributed by atoms with E-state index in [9.17, 15) is 8.42 Å². The van der Waals surface area contributed by atoms with Crippen LogP contribution in [-0.4, -0.2) is 21.5 Å². The first-order valence-corrected chi connectivity index (χ1v) is 8.06. The molecule has 0 atom stereocenters. The summed E-state index contributed by atoms with van der Waals surface area (Å²) in [6.45, 7) is 7.31. The molecule has 0 amide bonds. The van der Waals surface area contributed by atoms with E-state index in [1.165, 1.54) is 0 Å². The van der Waals surface area contributed by atoms with Crippen LogP contribution in [0.15, 0.2) is 29.2 Å². The molecule has 0 saturated carbocycles. The van der Waals surface area contributed by atoms with E-state index in [1.807, 2.05) is 12.1 Å². The van der Waals surface area contributed by atoms with Gasteiger partial charge in [0, 0.05) is 6.54 Å². The van der Waals surface area contributed by atoms with E-state index in [2.05, 4.69) is 25.5 Å². The molecule has 3 N–H and O–H groups in total. The second-order valence-corrected chi connectivity index (χ2v) is 7.43. The van der Waals surface area contributed by atoms with Crippen molar-refractivity contribution in [2.45, 2.75) is 43.9 Å². The highest BCUT2D eigenvalue weighted by Crippen LogP contribution is 2.23. The molecule has 0 aliphatic heterocycles.